The fraction of sp³-hybridized carbons (Fsp3) is 0.867. The first kappa shape index (κ1) is 13.6. The van der Waals surface area contributed by atoms with Gasteiger partial charge in [-0.05, 0) is 30.6 Å². The van der Waals surface area contributed by atoms with Crippen LogP contribution in [-0.2, 0) is 6.54 Å². The van der Waals surface area contributed by atoms with Crippen LogP contribution >= 0.6 is 0 Å². The van der Waals surface area contributed by atoms with Crippen molar-refractivity contribution >= 4 is 0 Å². The van der Waals surface area contributed by atoms with Gasteiger partial charge in [0.1, 0.15) is 0 Å². The van der Waals surface area contributed by atoms with Crippen molar-refractivity contribution < 1.29 is 0 Å². The molecular formula is C15H27N3. The minimum absolute atomic E-state index is 0.822. The van der Waals surface area contributed by atoms with Gasteiger partial charge in [0.15, 0.2) is 0 Å². The summed E-state index contributed by atoms with van der Waals surface area (Å²) >= 11 is 0. The van der Waals surface area contributed by atoms with E-state index < -0.39 is 0 Å². The van der Waals surface area contributed by atoms with Gasteiger partial charge in [0.05, 0.1) is 6.20 Å². The highest BCUT2D eigenvalue weighted by atomic mass is 15.4. The number of rotatable bonds is 7. The summed E-state index contributed by atoms with van der Waals surface area (Å²) in [6.07, 6.45) is 13.5. The van der Waals surface area contributed by atoms with Crippen molar-refractivity contribution in [3.63, 3.8) is 0 Å². The maximum atomic E-state index is 4.10. The lowest BCUT2D eigenvalue weighted by molar-refractivity contribution is 0.343. The molecule has 1 heterocycles. The zero-order chi connectivity index (χ0) is 12.8. The second-order valence-electron chi connectivity index (χ2n) is 5.89. The minimum atomic E-state index is 0.822. The highest BCUT2D eigenvalue weighted by Gasteiger charge is 2.32. The molecule has 3 heteroatoms. The van der Waals surface area contributed by atoms with Crippen LogP contribution in [0, 0.1) is 17.8 Å². The number of nitrogens with zero attached hydrogens (tertiary/aromatic N) is 3. The Bertz CT molecular complexity index is 320. The molecule has 18 heavy (non-hydrogen) atoms. The molecule has 0 spiro atoms. The maximum Gasteiger partial charge on any atom is 0.0692 e. The Kier molecular flexibility index (Phi) is 5.21. The first-order valence-electron chi connectivity index (χ1n) is 7.67. The second-order valence-corrected chi connectivity index (χ2v) is 5.89. The van der Waals surface area contributed by atoms with E-state index >= 15 is 0 Å². The molecular weight excluding hydrogens is 222 g/mol. The molecule has 1 aliphatic carbocycles. The molecule has 102 valence electrons. The topological polar surface area (TPSA) is 30.7 Å². The molecule has 0 bridgehead atoms. The lowest BCUT2D eigenvalue weighted by Gasteiger charge is -2.17. The van der Waals surface area contributed by atoms with E-state index in [0.29, 0.717) is 0 Å². The van der Waals surface area contributed by atoms with Crippen LogP contribution in [-0.4, -0.2) is 15.0 Å². The molecule has 0 aromatic carbocycles. The molecule has 3 nitrogen and oxygen atoms in total. The van der Waals surface area contributed by atoms with Gasteiger partial charge in [-0.25, -0.2) is 0 Å². The highest BCUT2D eigenvalue weighted by molar-refractivity contribution is 4.83. The predicted molar refractivity (Wildman–Crippen MR) is 74.2 cm³/mol. The third-order valence-corrected chi connectivity index (χ3v) is 4.56. The number of unbranched alkanes of at least 4 members (excludes halogenated alkanes) is 2. The largest absolute Gasteiger partial charge is 0.252 e. The Balaban J connectivity index is 1.81. The Morgan fingerprint density at radius 3 is 2.67 bits per heavy atom. The first-order chi connectivity index (χ1) is 8.83. The van der Waals surface area contributed by atoms with Crippen molar-refractivity contribution in [2.75, 3.05) is 0 Å². The summed E-state index contributed by atoms with van der Waals surface area (Å²) in [5, 5.41) is 7.99. The van der Waals surface area contributed by atoms with Gasteiger partial charge in [0, 0.05) is 12.7 Å². The number of aromatic nitrogens is 3. The van der Waals surface area contributed by atoms with Crippen molar-refractivity contribution in [2.45, 2.75) is 65.3 Å². The van der Waals surface area contributed by atoms with Crippen molar-refractivity contribution in [3.05, 3.63) is 12.4 Å². The minimum Gasteiger partial charge on any atom is -0.252 e. The molecule has 1 saturated carbocycles. The summed E-state index contributed by atoms with van der Waals surface area (Å²) in [5.74, 6) is 2.74. The van der Waals surface area contributed by atoms with Gasteiger partial charge in [-0.3, -0.25) is 4.68 Å². The molecule has 1 aliphatic rings. The fourth-order valence-electron chi connectivity index (χ4n) is 3.59. The molecule has 0 aliphatic heterocycles. The van der Waals surface area contributed by atoms with Crippen LogP contribution in [0.15, 0.2) is 12.4 Å². The van der Waals surface area contributed by atoms with Gasteiger partial charge >= 0.3 is 0 Å². The monoisotopic (exact) mass is 249 g/mol. The van der Waals surface area contributed by atoms with Crippen LogP contribution in [0.4, 0.5) is 0 Å². The highest BCUT2D eigenvalue weighted by Crippen LogP contribution is 2.41. The first-order valence-corrected chi connectivity index (χ1v) is 7.67. The van der Waals surface area contributed by atoms with Crippen LogP contribution in [0.2, 0.25) is 0 Å². The van der Waals surface area contributed by atoms with Crippen molar-refractivity contribution in [1.29, 1.82) is 0 Å². The second kappa shape index (κ2) is 6.91. The molecule has 1 aromatic rings. The molecule has 2 rings (SSSR count). The molecule has 0 N–H and O–H groups in total. The van der Waals surface area contributed by atoms with Crippen molar-refractivity contribution in [1.82, 2.24) is 15.0 Å². The van der Waals surface area contributed by atoms with Crippen LogP contribution in [0.3, 0.4) is 0 Å². The van der Waals surface area contributed by atoms with Gasteiger partial charge < -0.3 is 0 Å². The molecule has 1 fully saturated rings. The summed E-state index contributed by atoms with van der Waals surface area (Å²) in [4.78, 5) is 0. The standard InChI is InChI=1S/C15H27N3/c1-3-5-6-7-15-11-13(10-14(15)4-2)12-18-9-8-16-17-18/h8-9,13-15H,3-7,10-12H2,1-2H3. The van der Waals surface area contributed by atoms with Crippen LogP contribution in [0.1, 0.15) is 58.8 Å². The predicted octanol–water partition coefficient (Wildman–Crippen LogP) is 3.91. The smallest absolute Gasteiger partial charge is 0.0692 e. The number of hydrogen-bond donors (Lipinski definition) is 0. The average molecular weight is 249 g/mol. The third kappa shape index (κ3) is 3.56. The summed E-state index contributed by atoms with van der Waals surface area (Å²) < 4.78 is 2.01. The van der Waals surface area contributed by atoms with E-state index in [1.807, 2.05) is 10.9 Å². The normalized spacial score (nSPS) is 27.8. The molecule has 0 radical (unpaired) electrons. The van der Waals surface area contributed by atoms with E-state index in [1.54, 1.807) is 6.20 Å². The van der Waals surface area contributed by atoms with E-state index in [1.165, 1.54) is 44.9 Å². The summed E-state index contributed by atoms with van der Waals surface area (Å²) in [5.41, 5.74) is 0. The van der Waals surface area contributed by atoms with Crippen LogP contribution in [0.5, 0.6) is 0 Å². The average Bonchev–Trinajstić information content (AvgIpc) is 3.00. The van der Waals surface area contributed by atoms with Crippen molar-refractivity contribution in [3.8, 4) is 0 Å². The molecule has 0 saturated heterocycles. The SMILES string of the molecule is CCCCCC1CC(Cn2ccnn2)CC1CC. The van der Waals surface area contributed by atoms with Gasteiger partial charge in [-0.1, -0.05) is 51.2 Å². The Hall–Kier alpha value is -0.860. The van der Waals surface area contributed by atoms with Crippen LogP contribution < -0.4 is 0 Å². The van der Waals surface area contributed by atoms with Gasteiger partial charge in [0.2, 0.25) is 0 Å². The summed E-state index contributed by atoms with van der Waals surface area (Å²) in [6, 6.07) is 0. The quantitative estimate of drug-likeness (QED) is 0.686. The third-order valence-electron chi connectivity index (χ3n) is 4.56. The van der Waals surface area contributed by atoms with Gasteiger partial charge in [0.25, 0.3) is 0 Å². The molecule has 3 atom stereocenters. The van der Waals surface area contributed by atoms with Gasteiger partial charge in [-0.15, -0.1) is 5.10 Å². The zero-order valence-corrected chi connectivity index (χ0v) is 11.9. The van der Waals surface area contributed by atoms with Crippen LogP contribution in [0.25, 0.3) is 0 Å². The molecule has 0 amide bonds. The zero-order valence-electron chi connectivity index (χ0n) is 11.9. The lowest BCUT2D eigenvalue weighted by Crippen LogP contribution is -2.08. The molecule has 1 aromatic heterocycles. The maximum absolute atomic E-state index is 4.10. The lowest BCUT2D eigenvalue weighted by atomic mass is 9.89. The van der Waals surface area contributed by atoms with Gasteiger partial charge in [-0.2, -0.15) is 0 Å². The number of hydrogen-bond acceptors (Lipinski definition) is 2. The Morgan fingerprint density at radius 2 is 2.00 bits per heavy atom. The van der Waals surface area contributed by atoms with E-state index in [0.717, 1.165) is 24.3 Å². The summed E-state index contributed by atoms with van der Waals surface area (Å²) in [6.45, 7) is 5.72. The van der Waals surface area contributed by atoms with E-state index in [-0.39, 0.29) is 0 Å². The van der Waals surface area contributed by atoms with E-state index in [2.05, 4.69) is 24.2 Å². The molecule has 3 unspecified atom stereocenters. The Morgan fingerprint density at radius 1 is 1.17 bits per heavy atom. The van der Waals surface area contributed by atoms with E-state index in [9.17, 15) is 0 Å². The van der Waals surface area contributed by atoms with E-state index in [4.69, 9.17) is 0 Å². The van der Waals surface area contributed by atoms with Crippen molar-refractivity contribution in [2.24, 2.45) is 17.8 Å². The Labute approximate surface area is 111 Å². The summed E-state index contributed by atoms with van der Waals surface area (Å²) in [7, 11) is 0. The fourth-order valence-corrected chi connectivity index (χ4v) is 3.59.